The van der Waals surface area contributed by atoms with Crippen LogP contribution in [0, 0.1) is 0 Å². The summed E-state index contributed by atoms with van der Waals surface area (Å²) >= 11 is 6.24. The van der Waals surface area contributed by atoms with Crippen LogP contribution in [0.5, 0.6) is 5.75 Å². The van der Waals surface area contributed by atoms with Crippen molar-refractivity contribution in [3.05, 3.63) is 47.0 Å². The van der Waals surface area contributed by atoms with Crippen molar-refractivity contribution in [2.45, 2.75) is 12.6 Å². The summed E-state index contributed by atoms with van der Waals surface area (Å²) < 4.78 is 7.31. The molecule has 1 unspecified atom stereocenters. The Morgan fingerprint density at radius 2 is 2.32 bits per heavy atom. The molecule has 0 aliphatic carbocycles. The van der Waals surface area contributed by atoms with Gasteiger partial charge in [-0.15, -0.1) is 0 Å². The van der Waals surface area contributed by atoms with Crippen LogP contribution < -0.4 is 10.1 Å². The molecule has 1 fully saturated rings. The summed E-state index contributed by atoms with van der Waals surface area (Å²) in [6.07, 6.45) is 3.85. The highest BCUT2D eigenvalue weighted by molar-refractivity contribution is 6.32. The van der Waals surface area contributed by atoms with Crippen molar-refractivity contribution in [2.75, 3.05) is 26.7 Å². The van der Waals surface area contributed by atoms with Gasteiger partial charge in [0.25, 0.3) is 0 Å². The maximum Gasteiger partial charge on any atom is 0.137 e. The number of imidazole rings is 1. The average Bonchev–Trinajstić information content (AvgIpc) is 2.94. The van der Waals surface area contributed by atoms with Gasteiger partial charge >= 0.3 is 0 Å². The standard InChI is InChI=1S/C16H21ClN4O/c1-20-7-6-19-16(20)14-10-18-5-8-21(14)11-12-3-4-15(22-2)13(17)9-12/h3-4,6-7,9,14,18H,5,8,10-11H2,1-2H3. The normalized spacial score (nSPS) is 19.3. The van der Waals surface area contributed by atoms with Crippen molar-refractivity contribution in [1.82, 2.24) is 19.8 Å². The van der Waals surface area contributed by atoms with Gasteiger partial charge in [-0.2, -0.15) is 0 Å². The maximum atomic E-state index is 6.24. The number of benzene rings is 1. The number of aryl methyl sites for hydroxylation is 1. The van der Waals surface area contributed by atoms with E-state index >= 15 is 0 Å². The molecular formula is C16H21ClN4O. The van der Waals surface area contributed by atoms with Crippen LogP contribution >= 0.6 is 11.6 Å². The number of aromatic nitrogens is 2. The number of methoxy groups -OCH3 is 1. The van der Waals surface area contributed by atoms with E-state index in [9.17, 15) is 0 Å². The molecule has 22 heavy (non-hydrogen) atoms. The van der Waals surface area contributed by atoms with E-state index in [-0.39, 0.29) is 6.04 Å². The summed E-state index contributed by atoms with van der Waals surface area (Å²) in [6, 6.07) is 6.25. The molecule has 1 aliphatic rings. The fourth-order valence-corrected chi connectivity index (χ4v) is 3.21. The molecule has 0 spiro atoms. The van der Waals surface area contributed by atoms with Gasteiger partial charge < -0.3 is 14.6 Å². The second-order valence-corrected chi connectivity index (χ2v) is 5.96. The summed E-state index contributed by atoms with van der Waals surface area (Å²) in [7, 11) is 3.67. The Morgan fingerprint density at radius 1 is 1.45 bits per heavy atom. The number of ether oxygens (including phenoxy) is 1. The molecule has 1 saturated heterocycles. The van der Waals surface area contributed by atoms with Crippen LogP contribution in [0.4, 0.5) is 0 Å². The van der Waals surface area contributed by atoms with Gasteiger partial charge in [0, 0.05) is 45.6 Å². The van der Waals surface area contributed by atoms with Gasteiger partial charge in [0.2, 0.25) is 0 Å². The fourth-order valence-electron chi connectivity index (χ4n) is 2.93. The molecule has 6 heteroatoms. The molecule has 1 aliphatic heterocycles. The predicted octanol–water partition coefficient (Wildman–Crippen LogP) is 2.23. The molecule has 2 heterocycles. The quantitative estimate of drug-likeness (QED) is 0.938. The molecular weight excluding hydrogens is 300 g/mol. The second-order valence-electron chi connectivity index (χ2n) is 5.56. The van der Waals surface area contributed by atoms with Crippen molar-refractivity contribution < 1.29 is 4.74 Å². The third-order valence-electron chi connectivity index (χ3n) is 4.11. The van der Waals surface area contributed by atoms with Gasteiger partial charge in [-0.1, -0.05) is 17.7 Å². The third-order valence-corrected chi connectivity index (χ3v) is 4.41. The van der Waals surface area contributed by atoms with Gasteiger partial charge in [-0.05, 0) is 17.7 Å². The fraction of sp³-hybridized carbons (Fsp3) is 0.438. The first kappa shape index (κ1) is 15.3. The number of halogens is 1. The van der Waals surface area contributed by atoms with E-state index in [1.54, 1.807) is 7.11 Å². The molecule has 2 aromatic rings. The lowest BCUT2D eigenvalue weighted by atomic mass is 10.1. The van der Waals surface area contributed by atoms with E-state index in [1.165, 1.54) is 5.56 Å². The lowest BCUT2D eigenvalue weighted by molar-refractivity contribution is 0.144. The second kappa shape index (κ2) is 6.69. The third kappa shape index (κ3) is 3.11. The molecule has 1 aromatic heterocycles. The monoisotopic (exact) mass is 320 g/mol. The van der Waals surface area contributed by atoms with Crippen LogP contribution in [0.15, 0.2) is 30.6 Å². The zero-order chi connectivity index (χ0) is 15.5. The number of piperazine rings is 1. The molecule has 118 valence electrons. The lowest BCUT2D eigenvalue weighted by Gasteiger charge is -2.35. The van der Waals surface area contributed by atoms with Crippen LogP contribution in [0.1, 0.15) is 17.4 Å². The number of nitrogens with one attached hydrogen (secondary N) is 1. The minimum atomic E-state index is 0.273. The van der Waals surface area contributed by atoms with Crippen molar-refractivity contribution in [2.24, 2.45) is 7.05 Å². The van der Waals surface area contributed by atoms with Gasteiger partial charge in [-0.25, -0.2) is 4.98 Å². The van der Waals surface area contributed by atoms with E-state index in [1.807, 2.05) is 31.6 Å². The van der Waals surface area contributed by atoms with Gasteiger partial charge in [0.1, 0.15) is 11.6 Å². The van der Waals surface area contributed by atoms with Crippen LogP contribution in [0.2, 0.25) is 5.02 Å². The number of rotatable bonds is 4. The summed E-state index contributed by atoms with van der Waals surface area (Å²) in [4.78, 5) is 6.95. The first-order chi connectivity index (χ1) is 10.7. The number of nitrogens with zero attached hydrogens (tertiary/aromatic N) is 3. The molecule has 0 saturated carbocycles. The van der Waals surface area contributed by atoms with Crippen molar-refractivity contribution >= 4 is 11.6 Å². The molecule has 1 N–H and O–H groups in total. The predicted molar refractivity (Wildman–Crippen MR) is 87.2 cm³/mol. The van der Waals surface area contributed by atoms with Crippen LogP contribution in [-0.2, 0) is 13.6 Å². The Kier molecular flexibility index (Phi) is 4.66. The minimum absolute atomic E-state index is 0.273. The van der Waals surface area contributed by atoms with Crippen molar-refractivity contribution in [3.63, 3.8) is 0 Å². The smallest absolute Gasteiger partial charge is 0.137 e. The number of hydrogen-bond donors (Lipinski definition) is 1. The summed E-state index contributed by atoms with van der Waals surface area (Å²) in [5.41, 5.74) is 1.19. The molecule has 1 atom stereocenters. The Labute approximate surface area is 135 Å². The van der Waals surface area contributed by atoms with E-state index < -0.39 is 0 Å². The Bertz CT molecular complexity index is 643. The highest BCUT2D eigenvalue weighted by Gasteiger charge is 2.26. The zero-order valence-electron chi connectivity index (χ0n) is 12.9. The maximum absolute atomic E-state index is 6.24. The van der Waals surface area contributed by atoms with Gasteiger partial charge in [0.05, 0.1) is 18.2 Å². The summed E-state index contributed by atoms with van der Waals surface area (Å²) in [5, 5.41) is 4.11. The lowest BCUT2D eigenvalue weighted by Crippen LogP contribution is -2.46. The highest BCUT2D eigenvalue weighted by Crippen LogP contribution is 2.28. The summed E-state index contributed by atoms with van der Waals surface area (Å²) in [5.74, 6) is 1.80. The first-order valence-corrected chi connectivity index (χ1v) is 7.81. The molecule has 0 amide bonds. The van der Waals surface area contributed by atoms with Crippen LogP contribution in [0.3, 0.4) is 0 Å². The Balaban J connectivity index is 1.80. The summed E-state index contributed by atoms with van der Waals surface area (Å²) in [6.45, 7) is 3.74. The number of hydrogen-bond acceptors (Lipinski definition) is 4. The van der Waals surface area contributed by atoms with E-state index in [4.69, 9.17) is 16.3 Å². The average molecular weight is 321 g/mol. The van der Waals surface area contributed by atoms with E-state index in [0.717, 1.165) is 32.0 Å². The topological polar surface area (TPSA) is 42.3 Å². The largest absolute Gasteiger partial charge is 0.495 e. The van der Waals surface area contributed by atoms with Crippen molar-refractivity contribution in [3.8, 4) is 5.75 Å². The van der Waals surface area contributed by atoms with Gasteiger partial charge in [-0.3, -0.25) is 4.90 Å². The molecule has 3 rings (SSSR count). The highest BCUT2D eigenvalue weighted by atomic mass is 35.5. The van der Waals surface area contributed by atoms with Crippen LogP contribution in [0.25, 0.3) is 0 Å². The van der Waals surface area contributed by atoms with Gasteiger partial charge in [0.15, 0.2) is 0 Å². The molecule has 0 radical (unpaired) electrons. The van der Waals surface area contributed by atoms with Crippen LogP contribution in [-0.4, -0.2) is 41.2 Å². The Hall–Kier alpha value is -1.56. The van der Waals surface area contributed by atoms with E-state index in [2.05, 4.69) is 25.8 Å². The Morgan fingerprint density at radius 3 is 3.00 bits per heavy atom. The molecule has 1 aromatic carbocycles. The molecule has 5 nitrogen and oxygen atoms in total. The van der Waals surface area contributed by atoms with Crippen molar-refractivity contribution in [1.29, 1.82) is 0 Å². The SMILES string of the molecule is COc1ccc(CN2CCNCC2c2nccn2C)cc1Cl. The minimum Gasteiger partial charge on any atom is -0.495 e. The van der Waals surface area contributed by atoms with E-state index in [0.29, 0.717) is 10.8 Å². The first-order valence-electron chi connectivity index (χ1n) is 7.43. The zero-order valence-corrected chi connectivity index (χ0v) is 13.7. The molecule has 0 bridgehead atoms.